The Bertz CT molecular complexity index is 578. The van der Waals surface area contributed by atoms with Gasteiger partial charge in [0.15, 0.2) is 0 Å². The van der Waals surface area contributed by atoms with Gasteiger partial charge in [-0.3, -0.25) is 0 Å². The van der Waals surface area contributed by atoms with Gasteiger partial charge in [-0.15, -0.1) is 0 Å². The molecule has 0 fully saturated rings. The normalized spacial score (nSPS) is 13.6. The van der Waals surface area contributed by atoms with Crippen LogP contribution in [0.3, 0.4) is 0 Å². The maximum Gasteiger partial charge on any atom is 0.241 e. The first kappa shape index (κ1) is 17.1. The summed E-state index contributed by atoms with van der Waals surface area (Å²) in [6.07, 6.45) is 0.788. The highest BCUT2D eigenvalue weighted by atomic mass is 32.2. The molecule has 1 aromatic carbocycles. The van der Waals surface area contributed by atoms with Crippen molar-refractivity contribution in [1.29, 1.82) is 0 Å². The number of sulfonamides is 1. The fourth-order valence-corrected chi connectivity index (χ4v) is 3.73. The van der Waals surface area contributed by atoms with Crippen molar-refractivity contribution < 1.29 is 13.5 Å². The summed E-state index contributed by atoms with van der Waals surface area (Å²) in [5.41, 5.74) is -0.364. The van der Waals surface area contributed by atoms with Crippen LogP contribution in [0.5, 0.6) is 0 Å². The third kappa shape index (κ3) is 4.30. The van der Waals surface area contributed by atoms with E-state index < -0.39 is 21.2 Å². The molecular weight excluding hydrogens is 274 g/mol. The summed E-state index contributed by atoms with van der Waals surface area (Å²) < 4.78 is 27.6. The van der Waals surface area contributed by atoms with Gasteiger partial charge in [0.1, 0.15) is 0 Å². The van der Waals surface area contributed by atoms with Crippen LogP contribution >= 0.6 is 0 Å². The van der Waals surface area contributed by atoms with Crippen LogP contribution < -0.4 is 4.72 Å². The average Bonchev–Trinajstić information content (AvgIpc) is 2.23. The molecule has 114 valence electrons. The van der Waals surface area contributed by atoms with E-state index in [4.69, 9.17) is 0 Å². The molecule has 1 aromatic rings. The first-order valence-electron chi connectivity index (χ1n) is 6.76. The molecule has 0 unspecified atom stereocenters. The van der Waals surface area contributed by atoms with E-state index in [9.17, 15) is 13.5 Å². The molecule has 4 nitrogen and oxygen atoms in total. The minimum atomic E-state index is -3.67. The van der Waals surface area contributed by atoms with Gasteiger partial charge in [-0.25, -0.2) is 13.1 Å². The lowest BCUT2D eigenvalue weighted by molar-refractivity contribution is 0.0754. The van der Waals surface area contributed by atoms with Gasteiger partial charge < -0.3 is 5.11 Å². The molecule has 0 atom stereocenters. The van der Waals surface area contributed by atoms with E-state index in [-0.39, 0.29) is 4.90 Å². The Morgan fingerprint density at radius 1 is 1.15 bits per heavy atom. The van der Waals surface area contributed by atoms with Crippen LogP contribution in [0.15, 0.2) is 23.1 Å². The fourth-order valence-electron chi connectivity index (χ4n) is 1.97. The van der Waals surface area contributed by atoms with Crippen LogP contribution in [-0.4, -0.2) is 19.1 Å². The highest BCUT2D eigenvalue weighted by Gasteiger charge is 2.29. The lowest BCUT2D eigenvalue weighted by Gasteiger charge is -2.26. The lowest BCUT2D eigenvalue weighted by Crippen LogP contribution is -2.41. The van der Waals surface area contributed by atoms with E-state index in [0.717, 1.165) is 12.0 Å². The minimum Gasteiger partial charge on any atom is -0.386 e. The van der Waals surface area contributed by atoms with Gasteiger partial charge in [0.05, 0.1) is 10.5 Å². The number of hydrogen-bond donors (Lipinski definition) is 2. The molecule has 0 saturated heterocycles. The smallest absolute Gasteiger partial charge is 0.241 e. The Labute approximate surface area is 122 Å². The number of rotatable bonds is 4. The molecule has 1 rings (SSSR count). The number of aryl methyl sites for hydroxylation is 1. The molecule has 0 bridgehead atoms. The Hall–Kier alpha value is -0.910. The zero-order valence-electron chi connectivity index (χ0n) is 13.1. The number of benzene rings is 1. The van der Waals surface area contributed by atoms with Gasteiger partial charge >= 0.3 is 0 Å². The van der Waals surface area contributed by atoms with Crippen LogP contribution in [0.25, 0.3) is 0 Å². The molecule has 0 aliphatic rings. The van der Waals surface area contributed by atoms with E-state index in [0.29, 0.717) is 5.56 Å². The van der Waals surface area contributed by atoms with Crippen molar-refractivity contribution in [3.63, 3.8) is 0 Å². The van der Waals surface area contributed by atoms with Gasteiger partial charge in [0, 0.05) is 11.1 Å². The Morgan fingerprint density at radius 3 is 2.10 bits per heavy atom. The molecule has 0 radical (unpaired) electrons. The van der Waals surface area contributed by atoms with Gasteiger partial charge in [-0.1, -0.05) is 19.1 Å². The summed E-state index contributed by atoms with van der Waals surface area (Å²) in [4.78, 5) is 0.136. The SMILES string of the molecule is CCc1ccc(S(=O)(=O)NC(C)(C)C)c(C(C)(C)O)c1. The van der Waals surface area contributed by atoms with Crippen LogP contribution in [0.1, 0.15) is 52.7 Å². The average molecular weight is 299 g/mol. The summed E-state index contributed by atoms with van der Waals surface area (Å²) in [6.45, 7) is 10.5. The second-order valence-corrected chi connectivity index (χ2v) is 8.25. The van der Waals surface area contributed by atoms with Crippen LogP contribution in [0.4, 0.5) is 0 Å². The number of aliphatic hydroxyl groups is 1. The van der Waals surface area contributed by atoms with Crippen LogP contribution in [0.2, 0.25) is 0 Å². The van der Waals surface area contributed by atoms with Crippen molar-refractivity contribution in [3.05, 3.63) is 29.3 Å². The van der Waals surface area contributed by atoms with Gasteiger partial charge in [0.25, 0.3) is 0 Å². The van der Waals surface area contributed by atoms with Crippen molar-refractivity contribution in [2.24, 2.45) is 0 Å². The standard InChI is InChI=1S/C15H25NO3S/c1-7-11-8-9-13(12(10-11)15(5,6)17)20(18,19)16-14(2,3)4/h8-10,16-17H,7H2,1-6H3. The maximum atomic E-state index is 12.5. The molecule has 0 aliphatic heterocycles. The number of nitrogens with one attached hydrogen (secondary N) is 1. The monoisotopic (exact) mass is 299 g/mol. The maximum absolute atomic E-state index is 12.5. The predicted molar refractivity (Wildman–Crippen MR) is 81.1 cm³/mol. The fraction of sp³-hybridized carbons (Fsp3) is 0.600. The first-order chi connectivity index (χ1) is 8.87. The van der Waals surface area contributed by atoms with E-state index in [2.05, 4.69) is 4.72 Å². The van der Waals surface area contributed by atoms with E-state index in [1.165, 1.54) is 0 Å². The van der Waals surface area contributed by atoms with Crippen LogP contribution in [0, 0.1) is 0 Å². The van der Waals surface area contributed by atoms with Crippen molar-refractivity contribution in [2.45, 2.75) is 64.0 Å². The lowest BCUT2D eigenvalue weighted by atomic mass is 9.96. The number of hydrogen-bond acceptors (Lipinski definition) is 3. The Kier molecular flexibility index (Phi) is 4.69. The molecular formula is C15H25NO3S. The molecule has 0 amide bonds. The Morgan fingerprint density at radius 2 is 1.70 bits per heavy atom. The third-order valence-corrected chi connectivity index (χ3v) is 4.66. The quantitative estimate of drug-likeness (QED) is 0.898. The van der Waals surface area contributed by atoms with Crippen molar-refractivity contribution >= 4 is 10.0 Å². The molecule has 0 aromatic heterocycles. The summed E-state index contributed by atoms with van der Waals surface area (Å²) in [5, 5.41) is 10.3. The zero-order chi connectivity index (χ0) is 15.8. The molecule has 2 N–H and O–H groups in total. The molecule has 5 heteroatoms. The van der Waals surface area contributed by atoms with Gasteiger partial charge in [-0.2, -0.15) is 0 Å². The highest BCUT2D eigenvalue weighted by molar-refractivity contribution is 7.89. The van der Waals surface area contributed by atoms with Crippen molar-refractivity contribution in [3.8, 4) is 0 Å². The highest BCUT2D eigenvalue weighted by Crippen LogP contribution is 2.29. The molecule has 0 heterocycles. The molecule has 0 aliphatic carbocycles. The molecule has 20 heavy (non-hydrogen) atoms. The summed E-state index contributed by atoms with van der Waals surface area (Å²) in [6, 6.07) is 5.11. The second-order valence-electron chi connectivity index (χ2n) is 6.60. The van der Waals surface area contributed by atoms with E-state index >= 15 is 0 Å². The third-order valence-electron chi connectivity index (χ3n) is 2.84. The summed E-state index contributed by atoms with van der Waals surface area (Å²) in [7, 11) is -3.67. The predicted octanol–water partition coefficient (Wildman–Crippen LogP) is 2.55. The molecule has 0 spiro atoms. The van der Waals surface area contributed by atoms with E-state index in [1.54, 1.807) is 52.8 Å². The summed E-state index contributed by atoms with van der Waals surface area (Å²) in [5.74, 6) is 0. The minimum absolute atomic E-state index is 0.136. The molecule has 0 saturated carbocycles. The largest absolute Gasteiger partial charge is 0.386 e. The Balaban J connectivity index is 3.45. The second kappa shape index (κ2) is 5.47. The van der Waals surface area contributed by atoms with Gasteiger partial charge in [-0.05, 0) is 52.7 Å². The first-order valence-corrected chi connectivity index (χ1v) is 8.25. The van der Waals surface area contributed by atoms with Gasteiger partial charge in [0.2, 0.25) is 10.0 Å². The summed E-state index contributed by atoms with van der Waals surface area (Å²) >= 11 is 0. The van der Waals surface area contributed by atoms with Crippen molar-refractivity contribution in [1.82, 2.24) is 4.72 Å². The topological polar surface area (TPSA) is 66.4 Å². The van der Waals surface area contributed by atoms with E-state index in [1.807, 2.05) is 6.92 Å². The van der Waals surface area contributed by atoms with Crippen LogP contribution in [-0.2, 0) is 22.0 Å². The van der Waals surface area contributed by atoms with Crippen molar-refractivity contribution in [2.75, 3.05) is 0 Å². The zero-order valence-corrected chi connectivity index (χ0v) is 13.9.